The molecular formula is C21H12ClN3O6. The predicted molar refractivity (Wildman–Crippen MR) is 111 cm³/mol. The van der Waals surface area contributed by atoms with Crippen molar-refractivity contribution in [3.63, 3.8) is 0 Å². The van der Waals surface area contributed by atoms with E-state index in [1.54, 1.807) is 6.07 Å². The van der Waals surface area contributed by atoms with Gasteiger partial charge in [0.2, 0.25) is 0 Å². The van der Waals surface area contributed by atoms with Crippen LogP contribution in [-0.4, -0.2) is 22.8 Å². The van der Waals surface area contributed by atoms with Gasteiger partial charge >= 0.3 is 6.03 Å². The van der Waals surface area contributed by atoms with Crippen molar-refractivity contribution in [3.8, 4) is 11.3 Å². The number of benzene rings is 2. The van der Waals surface area contributed by atoms with Gasteiger partial charge in [0.05, 0.1) is 10.6 Å². The van der Waals surface area contributed by atoms with E-state index in [9.17, 15) is 24.5 Å². The minimum Gasteiger partial charge on any atom is -0.457 e. The Morgan fingerprint density at radius 3 is 2.29 bits per heavy atom. The standard InChI is InChI=1S/C21H12ClN3O6/c22-13-3-7-14(8-4-13)24-20(27)17(19(26)23-21(24)28)11-16-9-10-18(31-16)12-1-5-15(6-2-12)25(29)30/h1-11H,(H,23,26,28)/b17-11-. The number of amides is 4. The smallest absolute Gasteiger partial charge is 0.335 e. The van der Waals surface area contributed by atoms with Crippen LogP contribution in [0.1, 0.15) is 5.76 Å². The highest BCUT2D eigenvalue weighted by atomic mass is 35.5. The fraction of sp³-hybridized carbons (Fsp3) is 0. The molecule has 4 amide bonds. The number of anilines is 1. The second-order valence-corrected chi connectivity index (χ2v) is 6.88. The molecule has 0 spiro atoms. The number of nitrogens with one attached hydrogen (secondary N) is 1. The number of carbonyl (C=O) groups excluding carboxylic acids is 3. The number of carbonyl (C=O) groups is 3. The summed E-state index contributed by atoms with van der Waals surface area (Å²) in [5.74, 6) is -1.09. The molecule has 0 unspecified atom stereocenters. The molecular weight excluding hydrogens is 426 g/mol. The molecule has 1 fully saturated rings. The molecule has 1 aromatic heterocycles. The fourth-order valence-corrected chi connectivity index (χ4v) is 3.08. The summed E-state index contributed by atoms with van der Waals surface area (Å²) in [5, 5.41) is 13.3. The van der Waals surface area contributed by atoms with E-state index in [-0.39, 0.29) is 22.7 Å². The summed E-state index contributed by atoms with van der Waals surface area (Å²) in [5.41, 5.74) is 0.470. The molecule has 0 saturated carbocycles. The van der Waals surface area contributed by atoms with Crippen molar-refractivity contribution in [3.05, 3.63) is 87.1 Å². The second-order valence-electron chi connectivity index (χ2n) is 6.44. The van der Waals surface area contributed by atoms with Crippen LogP contribution in [0.2, 0.25) is 5.02 Å². The first kappa shape index (κ1) is 20.0. The minimum absolute atomic E-state index is 0.0610. The van der Waals surface area contributed by atoms with E-state index < -0.39 is 22.8 Å². The molecule has 2 heterocycles. The van der Waals surface area contributed by atoms with Crippen LogP contribution in [0.4, 0.5) is 16.2 Å². The monoisotopic (exact) mass is 437 g/mol. The maximum absolute atomic E-state index is 12.9. The van der Waals surface area contributed by atoms with Crippen molar-refractivity contribution < 1.29 is 23.7 Å². The molecule has 0 aliphatic carbocycles. The topological polar surface area (TPSA) is 123 Å². The first-order valence-electron chi connectivity index (χ1n) is 8.85. The molecule has 1 aliphatic heterocycles. The number of halogens is 1. The summed E-state index contributed by atoms with van der Waals surface area (Å²) in [4.78, 5) is 48.4. The van der Waals surface area contributed by atoms with Crippen molar-refractivity contribution in [1.82, 2.24) is 5.32 Å². The van der Waals surface area contributed by atoms with E-state index in [0.29, 0.717) is 16.3 Å². The van der Waals surface area contributed by atoms with E-state index in [2.05, 4.69) is 5.32 Å². The van der Waals surface area contributed by atoms with Gasteiger partial charge in [-0.2, -0.15) is 0 Å². The second kappa shape index (κ2) is 7.88. The molecule has 0 atom stereocenters. The van der Waals surface area contributed by atoms with Crippen LogP contribution in [0.15, 0.2) is 70.7 Å². The first-order chi connectivity index (χ1) is 14.8. The Kier molecular flexibility index (Phi) is 5.10. The number of hydrogen-bond acceptors (Lipinski definition) is 6. The van der Waals surface area contributed by atoms with Gasteiger partial charge in [0.15, 0.2) is 0 Å². The van der Waals surface area contributed by atoms with Crippen molar-refractivity contribution in [2.75, 3.05) is 4.90 Å². The normalized spacial score (nSPS) is 15.3. The lowest BCUT2D eigenvalue weighted by Crippen LogP contribution is -2.54. The molecule has 9 nitrogen and oxygen atoms in total. The lowest BCUT2D eigenvalue weighted by molar-refractivity contribution is -0.384. The van der Waals surface area contributed by atoms with Gasteiger partial charge in [-0.05, 0) is 54.6 Å². The third-order valence-corrected chi connectivity index (χ3v) is 4.71. The largest absolute Gasteiger partial charge is 0.457 e. The molecule has 1 aliphatic rings. The molecule has 1 saturated heterocycles. The highest BCUT2D eigenvalue weighted by molar-refractivity contribution is 6.39. The van der Waals surface area contributed by atoms with Crippen LogP contribution in [0, 0.1) is 10.1 Å². The van der Waals surface area contributed by atoms with E-state index >= 15 is 0 Å². The number of non-ortho nitro benzene ring substituents is 1. The van der Waals surface area contributed by atoms with Gasteiger partial charge < -0.3 is 4.42 Å². The first-order valence-corrected chi connectivity index (χ1v) is 9.23. The number of nitro groups is 1. The van der Waals surface area contributed by atoms with E-state index in [1.807, 2.05) is 0 Å². The molecule has 0 radical (unpaired) electrons. The Bertz CT molecular complexity index is 1240. The van der Waals surface area contributed by atoms with Gasteiger partial charge in [0, 0.05) is 22.7 Å². The summed E-state index contributed by atoms with van der Waals surface area (Å²) in [6.45, 7) is 0. The fourth-order valence-electron chi connectivity index (χ4n) is 2.96. The lowest BCUT2D eigenvalue weighted by Gasteiger charge is -2.26. The van der Waals surface area contributed by atoms with Crippen molar-refractivity contribution >= 4 is 46.9 Å². The molecule has 0 bridgehead atoms. The molecule has 4 rings (SSSR count). The van der Waals surface area contributed by atoms with Gasteiger partial charge in [-0.25, -0.2) is 9.69 Å². The molecule has 3 aromatic rings. The lowest BCUT2D eigenvalue weighted by atomic mass is 10.1. The van der Waals surface area contributed by atoms with Crippen molar-refractivity contribution in [2.24, 2.45) is 0 Å². The van der Waals surface area contributed by atoms with Crippen LogP contribution < -0.4 is 10.2 Å². The van der Waals surface area contributed by atoms with Gasteiger partial charge in [-0.1, -0.05) is 11.6 Å². The number of nitro benzene ring substituents is 1. The number of urea groups is 1. The molecule has 154 valence electrons. The Hall–Kier alpha value is -4.24. The highest BCUT2D eigenvalue weighted by Gasteiger charge is 2.37. The Balaban J connectivity index is 1.63. The summed E-state index contributed by atoms with van der Waals surface area (Å²) >= 11 is 5.84. The quantitative estimate of drug-likeness (QED) is 0.283. The summed E-state index contributed by atoms with van der Waals surface area (Å²) < 4.78 is 5.65. The molecule has 10 heteroatoms. The van der Waals surface area contributed by atoms with Crippen molar-refractivity contribution in [2.45, 2.75) is 0 Å². The van der Waals surface area contributed by atoms with E-state index in [0.717, 1.165) is 4.90 Å². The molecule has 1 N–H and O–H groups in total. The maximum Gasteiger partial charge on any atom is 0.335 e. The van der Waals surface area contributed by atoms with Crippen LogP contribution in [0.5, 0.6) is 0 Å². The highest BCUT2D eigenvalue weighted by Crippen LogP contribution is 2.27. The van der Waals surface area contributed by atoms with Crippen molar-refractivity contribution in [1.29, 1.82) is 0 Å². The van der Waals surface area contributed by atoms with Crippen LogP contribution in [0.3, 0.4) is 0 Å². The molecule has 2 aromatic carbocycles. The van der Waals surface area contributed by atoms with Gasteiger partial charge in [0.25, 0.3) is 17.5 Å². The van der Waals surface area contributed by atoms with Crippen LogP contribution >= 0.6 is 11.6 Å². The van der Waals surface area contributed by atoms with Crippen LogP contribution in [0.25, 0.3) is 17.4 Å². The third kappa shape index (κ3) is 3.94. The number of furan rings is 1. The number of rotatable bonds is 4. The zero-order valence-corrected chi connectivity index (χ0v) is 16.3. The van der Waals surface area contributed by atoms with E-state index in [4.69, 9.17) is 16.0 Å². The molecule has 31 heavy (non-hydrogen) atoms. The summed E-state index contributed by atoms with van der Waals surface area (Å²) in [7, 11) is 0. The van der Waals surface area contributed by atoms with Crippen LogP contribution in [-0.2, 0) is 9.59 Å². The number of imide groups is 2. The van der Waals surface area contributed by atoms with Gasteiger partial charge in [-0.3, -0.25) is 25.0 Å². The number of barbiturate groups is 1. The Labute approximate surface area is 179 Å². The zero-order valence-electron chi connectivity index (χ0n) is 15.6. The average molecular weight is 438 g/mol. The predicted octanol–water partition coefficient (Wildman–Crippen LogP) is 4.17. The SMILES string of the molecule is O=C1NC(=O)N(c2ccc(Cl)cc2)C(=O)/C1=C\c1ccc(-c2ccc([N+](=O)[O-])cc2)o1. The summed E-state index contributed by atoms with van der Waals surface area (Å²) in [6.07, 6.45) is 1.22. The zero-order chi connectivity index (χ0) is 22.1. The Morgan fingerprint density at radius 1 is 0.968 bits per heavy atom. The third-order valence-electron chi connectivity index (χ3n) is 4.46. The number of nitrogens with zero attached hydrogens (tertiary/aromatic N) is 2. The van der Waals surface area contributed by atoms with Gasteiger partial charge in [-0.15, -0.1) is 0 Å². The number of hydrogen-bond donors (Lipinski definition) is 1. The maximum atomic E-state index is 12.9. The average Bonchev–Trinajstić information content (AvgIpc) is 3.21. The summed E-state index contributed by atoms with van der Waals surface area (Å²) in [6, 6.07) is 14.0. The minimum atomic E-state index is -0.875. The van der Waals surface area contributed by atoms with E-state index in [1.165, 1.54) is 60.7 Å². The Morgan fingerprint density at radius 2 is 1.65 bits per heavy atom. The van der Waals surface area contributed by atoms with Gasteiger partial charge in [0.1, 0.15) is 17.1 Å².